The number of rotatable bonds is 1. The maximum Gasteiger partial charge on any atom is 0.136 e. The Balaban J connectivity index is 2.09. The van der Waals surface area contributed by atoms with Crippen molar-refractivity contribution in [2.45, 2.75) is 39.5 Å². The van der Waals surface area contributed by atoms with Crippen molar-refractivity contribution >= 4 is 5.78 Å². The van der Waals surface area contributed by atoms with Gasteiger partial charge in [0.15, 0.2) is 0 Å². The highest BCUT2D eigenvalue weighted by Gasteiger charge is 2.37. The number of carbonyl (C=O) groups is 1. The molecule has 1 fully saturated rings. The zero-order chi connectivity index (χ0) is 10.1. The Morgan fingerprint density at radius 1 is 1.29 bits per heavy atom. The van der Waals surface area contributed by atoms with Crippen LogP contribution in [0.2, 0.25) is 0 Å². The zero-order valence-corrected chi connectivity index (χ0v) is 9.20. The van der Waals surface area contributed by atoms with E-state index in [9.17, 15) is 4.79 Å². The second kappa shape index (κ2) is 3.88. The molecule has 1 heteroatoms. The first-order chi connectivity index (χ1) is 6.68. The van der Waals surface area contributed by atoms with E-state index in [1.165, 1.54) is 6.42 Å². The molecule has 0 aromatic rings. The molecule has 14 heavy (non-hydrogen) atoms. The summed E-state index contributed by atoms with van der Waals surface area (Å²) in [5, 5.41) is 0. The number of ketones is 1. The second-order valence-electron chi connectivity index (χ2n) is 5.22. The maximum atomic E-state index is 11.9. The van der Waals surface area contributed by atoms with E-state index in [-0.39, 0.29) is 0 Å². The van der Waals surface area contributed by atoms with Gasteiger partial charge in [0.25, 0.3) is 0 Å². The van der Waals surface area contributed by atoms with Crippen LogP contribution in [0.15, 0.2) is 12.2 Å². The van der Waals surface area contributed by atoms with Crippen molar-refractivity contribution in [2.24, 2.45) is 23.7 Å². The van der Waals surface area contributed by atoms with E-state index in [1.807, 2.05) is 0 Å². The van der Waals surface area contributed by atoms with Gasteiger partial charge in [-0.15, -0.1) is 0 Å². The average Bonchev–Trinajstić information content (AvgIpc) is 2.17. The molecule has 78 valence electrons. The molecule has 0 aliphatic heterocycles. The molecule has 0 radical (unpaired) electrons. The van der Waals surface area contributed by atoms with Gasteiger partial charge in [0.05, 0.1) is 0 Å². The van der Waals surface area contributed by atoms with Crippen LogP contribution in [0.5, 0.6) is 0 Å². The predicted molar refractivity (Wildman–Crippen MR) is 57.9 cm³/mol. The molecule has 0 aromatic heterocycles. The third-order valence-corrected chi connectivity index (χ3v) is 3.99. The first kappa shape index (κ1) is 9.95. The molecule has 2 rings (SSSR count). The summed E-state index contributed by atoms with van der Waals surface area (Å²) in [7, 11) is 0. The zero-order valence-electron chi connectivity index (χ0n) is 9.20. The molecule has 0 bridgehead atoms. The van der Waals surface area contributed by atoms with E-state index in [1.54, 1.807) is 0 Å². The van der Waals surface area contributed by atoms with Gasteiger partial charge in [-0.05, 0) is 37.0 Å². The second-order valence-corrected chi connectivity index (χ2v) is 5.22. The minimum Gasteiger partial charge on any atom is -0.299 e. The van der Waals surface area contributed by atoms with Gasteiger partial charge in [0, 0.05) is 12.3 Å². The highest BCUT2D eigenvalue weighted by molar-refractivity contribution is 5.82. The van der Waals surface area contributed by atoms with Crippen LogP contribution in [-0.2, 0) is 4.79 Å². The molecule has 3 atom stereocenters. The van der Waals surface area contributed by atoms with Crippen molar-refractivity contribution in [3.8, 4) is 0 Å². The van der Waals surface area contributed by atoms with Crippen LogP contribution in [0, 0.1) is 23.7 Å². The van der Waals surface area contributed by atoms with E-state index in [0.717, 1.165) is 19.3 Å². The highest BCUT2D eigenvalue weighted by atomic mass is 16.1. The van der Waals surface area contributed by atoms with Crippen molar-refractivity contribution in [3.05, 3.63) is 12.2 Å². The van der Waals surface area contributed by atoms with Crippen LogP contribution in [0.4, 0.5) is 0 Å². The number of carbonyl (C=O) groups excluding carboxylic acids is 1. The summed E-state index contributed by atoms with van der Waals surface area (Å²) in [5.41, 5.74) is 0. The van der Waals surface area contributed by atoms with E-state index < -0.39 is 0 Å². The van der Waals surface area contributed by atoms with Gasteiger partial charge in [-0.1, -0.05) is 26.0 Å². The molecule has 0 unspecified atom stereocenters. The van der Waals surface area contributed by atoms with E-state index in [2.05, 4.69) is 26.0 Å². The fourth-order valence-corrected chi connectivity index (χ4v) is 2.92. The molecule has 2 aliphatic carbocycles. The summed E-state index contributed by atoms with van der Waals surface area (Å²) in [6.45, 7) is 4.49. The quantitative estimate of drug-likeness (QED) is 0.583. The van der Waals surface area contributed by atoms with Gasteiger partial charge in [-0.2, -0.15) is 0 Å². The Bertz CT molecular complexity index is 252. The Morgan fingerprint density at radius 2 is 2.00 bits per heavy atom. The molecule has 2 aliphatic rings. The van der Waals surface area contributed by atoms with Gasteiger partial charge in [-0.3, -0.25) is 4.79 Å². The lowest BCUT2D eigenvalue weighted by Crippen LogP contribution is -2.35. The lowest BCUT2D eigenvalue weighted by molar-refractivity contribution is -0.129. The molecule has 0 amide bonds. The van der Waals surface area contributed by atoms with Crippen molar-refractivity contribution < 1.29 is 4.79 Å². The fraction of sp³-hybridized carbons (Fsp3) is 0.769. The van der Waals surface area contributed by atoms with Crippen LogP contribution in [0.25, 0.3) is 0 Å². The topological polar surface area (TPSA) is 17.1 Å². The molecule has 0 saturated heterocycles. The van der Waals surface area contributed by atoms with E-state index in [4.69, 9.17) is 0 Å². The van der Waals surface area contributed by atoms with Crippen LogP contribution in [0.1, 0.15) is 39.5 Å². The Labute approximate surface area is 86.6 Å². The van der Waals surface area contributed by atoms with Crippen LogP contribution in [-0.4, -0.2) is 5.78 Å². The SMILES string of the molecule is CC(C)[C@H]1CC(=O)[C@H]2CC=CC[C@@H]2C1. The number of hydrogen-bond acceptors (Lipinski definition) is 1. The first-order valence-electron chi connectivity index (χ1n) is 5.86. The van der Waals surface area contributed by atoms with Crippen LogP contribution in [0.3, 0.4) is 0 Å². The standard InChI is InChI=1S/C13H20O/c1-9(2)11-7-10-5-3-4-6-12(10)13(14)8-11/h3-4,9-12H,5-8H2,1-2H3/t10-,11-,12+/m1/s1. The Morgan fingerprint density at radius 3 is 2.71 bits per heavy atom. The molecule has 1 nitrogen and oxygen atoms in total. The minimum absolute atomic E-state index is 0.370. The normalized spacial score (nSPS) is 37.4. The summed E-state index contributed by atoms with van der Waals surface area (Å²) in [5.74, 6) is 2.88. The summed E-state index contributed by atoms with van der Waals surface area (Å²) in [6, 6.07) is 0. The first-order valence-corrected chi connectivity index (χ1v) is 5.86. The molecule has 1 saturated carbocycles. The summed E-state index contributed by atoms with van der Waals surface area (Å²) in [6.07, 6.45) is 8.71. The number of Topliss-reactive ketones (excluding diaryl/α,β-unsaturated/α-hetero) is 1. The van der Waals surface area contributed by atoms with Gasteiger partial charge in [0.2, 0.25) is 0 Å². The molecule has 0 heterocycles. The van der Waals surface area contributed by atoms with Crippen LogP contribution >= 0.6 is 0 Å². The molecule has 0 N–H and O–H groups in total. The third kappa shape index (κ3) is 1.77. The number of hydrogen-bond donors (Lipinski definition) is 0. The van der Waals surface area contributed by atoms with E-state index >= 15 is 0 Å². The van der Waals surface area contributed by atoms with Crippen molar-refractivity contribution in [1.29, 1.82) is 0 Å². The van der Waals surface area contributed by atoms with Gasteiger partial charge in [-0.25, -0.2) is 0 Å². The van der Waals surface area contributed by atoms with Gasteiger partial charge >= 0.3 is 0 Å². The fourth-order valence-electron chi connectivity index (χ4n) is 2.92. The summed E-state index contributed by atoms with van der Waals surface area (Å²) in [4.78, 5) is 11.9. The highest BCUT2D eigenvalue weighted by Crippen LogP contribution is 2.40. The van der Waals surface area contributed by atoms with E-state index in [0.29, 0.717) is 29.5 Å². The lowest BCUT2D eigenvalue weighted by Gasteiger charge is -2.37. The Hall–Kier alpha value is -0.590. The molecule has 0 aromatic carbocycles. The minimum atomic E-state index is 0.370. The average molecular weight is 192 g/mol. The molecule has 0 spiro atoms. The molecular weight excluding hydrogens is 172 g/mol. The van der Waals surface area contributed by atoms with Crippen molar-refractivity contribution in [3.63, 3.8) is 0 Å². The van der Waals surface area contributed by atoms with Crippen molar-refractivity contribution in [1.82, 2.24) is 0 Å². The van der Waals surface area contributed by atoms with Gasteiger partial charge in [0.1, 0.15) is 5.78 Å². The Kier molecular flexibility index (Phi) is 2.76. The molecular formula is C13H20O. The monoisotopic (exact) mass is 192 g/mol. The van der Waals surface area contributed by atoms with Crippen LogP contribution < -0.4 is 0 Å². The largest absolute Gasteiger partial charge is 0.299 e. The predicted octanol–water partition coefficient (Wildman–Crippen LogP) is 3.20. The summed E-state index contributed by atoms with van der Waals surface area (Å²) < 4.78 is 0. The number of fused-ring (bicyclic) bond motifs is 1. The third-order valence-electron chi connectivity index (χ3n) is 3.99. The maximum absolute atomic E-state index is 11.9. The van der Waals surface area contributed by atoms with Gasteiger partial charge < -0.3 is 0 Å². The van der Waals surface area contributed by atoms with Crippen molar-refractivity contribution in [2.75, 3.05) is 0 Å². The summed E-state index contributed by atoms with van der Waals surface area (Å²) >= 11 is 0. The smallest absolute Gasteiger partial charge is 0.136 e. The number of allylic oxidation sites excluding steroid dienone is 2. The lowest BCUT2D eigenvalue weighted by atomic mass is 9.66.